The van der Waals surface area contributed by atoms with Gasteiger partial charge in [0.05, 0.1) is 12.0 Å². The van der Waals surface area contributed by atoms with E-state index in [2.05, 4.69) is 4.98 Å². The van der Waals surface area contributed by atoms with Gasteiger partial charge in [0, 0.05) is 24.3 Å². The molecule has 5 nitrogen and oxygen atoms in total. The largest absolute Gasteiger partial charge is 0.334 e. The molecule has 1 aromatic heterocycles. The fraction of sp³-hybridized carbons (Fsp3) is 0.357. The zero-order chi connectivity index (χ0) is 15.2. The molecule has 2 heterocycles. The molecule has 3 rings (SSSR count). The predicted octanol–water partition coefficient (Wildman–Crippen LogP) is 2.35. The molecule has 21 heavy (non-hydrogen) atoms. The predicted molar refractivity (Wildman–Crippen MR) is 77.2 cm³/mol. The van der Waals surface area contributed by atoms with Gasteiger partial charge in [-0.2, -0.15) is 8.42 Å². The quantitative estimate of drug-likeness (QED) is 0.874. The van der Waals surface area contributed by atoms with Crippen molar-refractivity contribution >= 4 is 15.7 Å². The number of anilines is 1. The highest BCUT2D eigenvalue weighted by Crippen LogP contribution is 2.33. The topological polar surface area (TPSA) is 55.2 Å². The van der Waals surface area contributed by atoms with Crippen LogP contribution in [0.25, 0.3) is 0 Å². The van der Waals surface area contributed by atoms with E-state index in [0.717, 1.165) is 0 Å². The Hall–Kier alpha value is -1.89. The fourth-order valence-electron chi connectivity index (χ4n) is 2.46. The van der Waals surface area contributed by atoms with E-state index in [1.165, 1.54) is 29.0 Å². The number of aromatic nitrogens is 2. The highest BCUT2D eigenvalue weighted by atomic mass is 32.2. The van der Waals surface area contributed by atoms with Crippen LogP contribution in [-0.2, 0) is 16.4 Å². The third kappa shape index (κ3) is 2.21. The summed E-state index contributed by atoms with van der Waals surface area (Å²) in [6.45, 7) is 4.13. The maximum Gasteiger partial charge on any atom is 0.283 e. The molecule has 0 bridgehead atoms. The Morgan fingerprint density at radius 1 is 1.33 bits per heavy atom. The standard InChI is InChI=1S/C14H16FN3O2S/c1-10(2)17-8-14(16-9-17)21(19,20)18-7-6-11-12(15)4-3-5-13(11)18/h3-5,8-10H,6-7H2,1-2H3. The number of halogens is 1. The van der Waals surface area contributed by atoms with E-state index in [1.54, 1.807) is 10.6 Å². The van der Waals surface area contributed by atoms with Gasteiger partial charge in [-0.05, 0) is 32.4 Å². The number of benzene rings is 1. The molecule has 0 N–H and O–H groups in total. The molecule has 0 atom stereocenters. The van der Waals surface area contributed by atoms with Gasteiger partial charge in [0.1, 0.15) is 5.82 Å². The average Bonchev–Trinajstić information content (AvgIpc) is 3.07. The molecule has 0 aliphatic carbocycles. The van der Waals surface area contributed by atoms with Gasteiger partial charge in [-0.15, -0.1) is 0 Å². The summed E-state index contributed by atoms with van der Waals surface area (Å²) < 4.78 is 42.0. The summed E-state index contributed by atoms with van der Waals surface area (Å²) in [6, 6.07) is 4.63. The van der Waals surface area contributed by atoms with Gasteiger partial charge in [-0.25, -0.2) is 9.37 Å². The first-order valence-electron chi connectivity index (χ1n) is 6.75. The van der Waals surface area contributed by atoms with Gasteiger partial charge < -0.3 is 4.57 Å². The van der Waals surface area contributed by atoms with Crippen LogP contribution >= 0.6 is 0 Å². The third-order valence-corrected chi connectivity index (χ3v) is 5.36. The summed E-state index contributed by atoms with van der Waals surface area (Å²) in [4.78, 5) is 3.99. The molecule has 1 aliphatic rings. The van der Waals surface area contributed by atoms with Crippen LogP contribution in [0, 0.1) is 5.82 Å². The third-order valence-electron chi connectivity index (χ3n) is 3.66. The minimum atomic E-state index is -3.75. The van der Waals surface area contributed by atoms with Gasteiger partial charge in [-0.3, -0.25) is 4.31 Å². The summed E-state index contributed by atoms with van der Waals surface area (Å²) in [5, 5.41) is -0.00619. The molecule has 0 fully saturated rings. The second kappa shape index (κ2) is 4.84. The van der Waals surface area contributed by atoms with Gasteiger partial charge in [0.15, 0.2) is 5.03 Å². The summed E-state index contributed by atoms with van der Waals surface area (Å²) in [6.07, 6.45) is 3.39. The molecular formula is C14H16FN3O2S. The number of rotatable bonds is 3. The maximum atomic E-state index is 13.7. The molecule has 0 saturated heterocycles. The molecule has 0 amide bonds. The van der Waals surface area contributed by atoms with Crippen molar-refractivity contribution in [2.45, 2.75) is 31.3 Å². The SMILES string of the molecule is CC(C)n1cnc(S(=O)(=O)N2CCc3c(F)cccc32)c1. The first-order chi connectivity index (χ1) is 9.91. The van der Waals surface area contributed by atoms with Crippen LogP contribution in [-0.4, -0.2) is 24.5 Å². The number of nitrogens with zero attached hydrogens (tertiary/aromatic N) is 3. The molecule has 7 heteroatoms. The van der Waals surface area contributed by atoms with Crippen molar-refractivity contribution in [3.63, 3.8) is 0 Å². The molecule has 1 aliphatic heterocycles. The van der Waals surface area contributed by atoms with Crippen molar-refractivity contribution in [3.05, 3.63) is 42.1 Å². The minimum Gasteiger partial charge on any atom is -0.334 e. The Morgan fingerprint density at radius 2 is 2.10 bits per heavy atom. The monoisotopic (exact) mass is 309 g/mol. The Kier molecular flexibility index (Phi) is 3.24. The second-order valence-corrected chi connectivity index (χ2v) is 7.13. The highest BCUT2D eigenvalue weighted by Gasteiger charge is 2.33. The second-order valence-electron chi connectivity index (χ2n) is 5.32. The van der Waals surface area contributed by atoms with Crippen molar-refractivity contribution in [1.29, 1.82) is 0 Å². The van der Waals surface area contributed by atoms with Crippen LogP contribution in [0.2, 0.25) is 0 Å². The van der Waals surface area contributed by atoms with Crippen LogP contribution in [0.5, 0.6) is 0 Å². The molecule has 0 saturated carbocycles. The number of fused-ring (bicyclic) bond motifs is 1. The van der Waals surface area contributed by atoms with Crippen LogP contribution in [0.1, 0.15) is 25.5 Å². The van der Waals surface area contributed by atoms with Crippen molar-refractivity contribution in [1.82, 2.24) is 9.55 Å². The zero-order valence-electron chi connectivity index (χ0n) is 11.8. The summed E-state index contributed by atoms with van der Waals surface area (Å²) in [5.41, 5.74) is 0.860. The number of hydrogen-bond donors (Lipinski definition) is 0. The average molecular weight is 309 g/mol. The lowest BCUT2D eigenvalue weighted by Crippen LogP contribution is -2.29. The Bertz CT molecular complexity index is 783. The number of sulfonamides is 1. The Balaban J connectivity index is 2.03. The van der Waals surface area contributed by atoms with E-state index in [4.69, 9.17) is 0 Å². The van der Waals surface area contributed by atoms with Gasteiger partial charge >= 0.3 is 0 Å². The van der Waals surface area contributed by atoms with E-state index >= 15 is 0 Å². The fourth-order valence-corrected chi connectivity index (χ4v) is 3.88. The van der Waals surface area contributed by atoms with E-state index in [-0.39, 0.29) is 23.4 Å². The first kappa shape index (κ1) is 14.1. The highest BCUT2D eigenvalue weighted by molar-refractivity contribution is 7.92. The molecule has 0 spiro atoms. The minimum absolute atomic E-state index is 0.00619. The molecular weight excluding hydrogens is 293 g/mol. The molecule has 0 radical (unpaired) electrons. The van der Waals surface area contributed by atoms with E-state index in [0.29, 0.717) is 17.7 Å². The van der Waals surface area contributed by atoms with Crippen LogP contribution in [0.3, 0.4) is 0 Å². The molecule has 1 aromatic carbocycles. The van der Waals surface area contributed by atoms with Crippen LogP contribution in [0.4, 0.5) is 10.1 Å². The van der Waals surface area contributed by atoms with E-state index < -0.39 is 10.0 Å². The smallest absolute Gasteiger partial charge is 0.283 e. The number of hydrogen-bond acceptors (Lipinski definition) is 3. The van der Waals surface area contributed by atoms with E-state index in [1.807, 2.05) is 13.8 Å². The van der Waals surface area contributed by atoms with Crippen LogP contribution < -0.4 is 4.31 Å². The van der Waals surface area contributed by atoms with Crippen molar-refractivity contribution in [3.8, 4) is 0 Å². The van der Waals surface area contributed by atoms with Crippen molar-refractivity contribution < 1.29 is 12.8 Å². The Labute approximate surface area is 123 Å². The Morgan fingerprint density at radius 3 is 2.76 bits per heavy atom. The lowest BCUT2D eigenvalue weighted by Gasteiger charge is -2.18. The van der Waals surface area contributed by atoms with Crippen LogP contribution in [0.15, 0.2) is 35.7 Å². The summed E-state index contributed by atoms with van der Waals surface area (Å²) in [7, 11) is -3.75. The molecule has 112 valence electrons. The van der Waals surface area contributed by atoms with Gasteiger partial charge in [-0.1, -0.05) is 6.07 Å². The normalized spacial score (nSPS) is 14.8. The van der Waals surface area contributed by atoms with E-state index in [9.17, 15) is 12.8 Å². The lowest BCUT2D eigenvalue weighted by atomic mass is 10.1. The molecule has 0 unspecified atom stereocenters. The lowest BCUT2D eigenvalue weighted by molar-refractivity contribution is 0.585. The summed E-state index contributed by atoms with van der Waals surface area (Å²) >= 11 is 0. The zero-order valence-corrected chi connectivity index (χ0v) is 12.6. The van der Waals surface area contributed by atoms with Gasteiger partial charge in [0.25, 0.3) is 10.0 Å². The first-order valence-corrected chi connectivity index (χ1v) is 8.19. The summed E-state index contributed by atoms with van der Waals surface area (Å²) in [5.74, 6) is -0.363. The van der Waals surface area contributed by atoms with Crippen molar-refractivity contribution in [2.75, 3.05) is 10.8 Å². The van der Waals surface area contributed by atoms with Crippen molar-refractivity contribution in [2.24, 2.45) is 0 Å². The maximum absolute atomic E-state index is 13.7. The van der Waals surface area contributed by atoms with Gasteiger partial charge in [0.2, 0.25) is 0 Å². The number of imidazole rings is 1. The molecule has 2 aromatic rings.